The van der Waals surface area contributed by atoms with Crippen LogP contribution in [0.2, 0.25) is 0 Å². The second-order valence-electron chi connectivity index (χ2n) is 5.65. The Labute approximate surface area is 142 Å². The van der Waals surface area contributed by atoms with Crippen LogP contribution in [0.15, 0.2) is 53.3 Å². The van der Waals surface area contributed by atoms with Gasteiger partial charge in [-0.25, -0.2) is 4.68 Å². The summed E-state index contributed by atoms with van der Waals surface area (Å²) < 4.78 is 6.74. The topological polar surface area (TPSA) is 101 Å². The third-order valence-electron chi connectivity index (χ3n) is 4.12. The van der Waals surface area contributed by atoms with E-state index >= 15 is 0 Å². The Balaban J connectivity index is 1.56. The molecule has 1 aromatic carbocycles. The monoisotopic (exact) mass is 338 g/mol. The molecule has 0 aliphatic carbocycles. The largest absolute Gasteiger partial charge is 0.467 e. The molecule has 1 aliphatic rings. The van der Waals surface area contributed by atoms with Crippen molar-refractivity contribution >= 4 is 11.8 Å². The summed E-state index contributed by atoms with van der Waals surface area (Å²) in [7, 11) is 0. The van der Waals surface area contributed by atoms with Gasteiger partial charge < -0.3 is 9.52 Å². The molecule has 1 atom stereocenters. The Morgan fingerprint density at radius 2 is 1.80 bits per heavy atom. The zero-order valence-electron chi connectivity index (χ0n) is 13.1. The molecule has 1 N–H and O–H groups in total. The van der Waals surface area contributed by atoms with E-state index in [-0.39, 0.29) is 25.0 Å². The first-order chi connectivity index (χ1) is 12.2. The molecule has 8 heteroatoms. The van der Waals surface area contributed by atoms with Crippen molar-refractivity contribution in [1.29, 1.82) is 0 Å². The van der Waals surface area contributed by atoms with Crippen LogP contribution < -0.4 is 0 Å². The number of imide groups is 1. The van der Waals surface area contributed by atoms with Crippen LogP contribution in [0.4, 0.5) is 0 Å². The van der Waals surface area contributed by atoms with Gasteiger partial charge in [0.2, 0.25) is 0 Å². The second kappa shape index (κ2) is 5.99. The first-order valence-electron chi connectivity index (χ1n) is 7.69. The molecule has 4 rings (SSSR count). The standard InChI is InChI=1S/C17H14N4O4/c22-10-14(15-6-3-7-25-15)21-9-11(18-19-21)8-20-16(23)12-4-1-2-5-13(12)17(20)24/h1-7,9,14,22H,8,10H2. The number of furan rings is 1. The molecule has 1 unspecified atom stereocenters. The maximum absolute atomic E-state index is 12.4. The quantitative estimate of drug-likeness (QED) is 0.703. The predicted octanol–water partition coefficient (Wildman–Crippen LogP) is 1.25. The fourth-order valence-electron chi connectivity index (χ4n) is 2.87. The first kappa shape index (κ1) is 15.3. The molecule has 3 aromatic rings. The molecule has 0 saturated heterocycles. The van der Waals surface area contributed by atoms with Crippen molar-refractivity contribution in [3.63, 3.8) is 0 Å². The molecule has 3 heterocycles. The van der Waals surface area contributed by atoms with Crippen LogP contribution in [-0.4, -0.2) is 43.4 Å². The normalized spacial score (nSPS) is 14.8. The number of nitrogens with zero attached hydrogens (tertiary/aromatic N) is 4. The van der Waals surface area contributed by atoms with Gasteiger partial charge in [-0.05, 0) is 24.3 Å². The van der Waals surface area contributed by atoms with Gasteiger partial charge in [-0.3, -0.25) is 14.5 Å². The van der Waals surface area contributed by atoms with Gasteiger partial charge in [0.05, 0.1) is 36.7 Å². The highest BCUT2D eigenvalue weighted by Gasteiger charge is 2.35. The van der Waals surface area contributed by atoms with Crippen LogP contribution in [0.25, 0.3) is 0 Å². The molecule has 0 bridgehead atoms. The predicted molar refractivity (Wildman–Crippen MR) is 84.6 cm³/mol. The van der Waals surface area contributed by atoms with Crippen molar-refractivity contribution in [2.45, 2.75) is 12.6 Å². The van der Waals surface area contributed by atoms with Crippen molar-refractivity contribution in [2.24, 2.45) is 0 Å². The minimum Gasteiger partial charge on any atom is -0.467 e. The summed E-state index contributed by atoms with van der Waals surface area (Å²) in [5.41, 5.74) is 1.23. The highest BCUT2D eigenvalue weighted by atomic mass is 16.3. The van der Waals surface area contributed by atoms with E-state index in [0.29, 0.717) is 22.6 Å². The van der Waals surface area contributed by atoms with Gasteiger partial charge >= 0.3 is 0 Å². The lowest BCUT2D eigenvalue weighted by atomic mass is 10.1. The summed E-state index contributed by atoms with van der Waals surface area (Å²) in [5, 5.41) is 17.6. The van der Waals surface area contributed by atoms with E-state index in [1.165, 1.54) is 10.9 Å². The van der Waals surface area contributed by atoms with E-state index in [0.717, 1.165) is 4.90 Å². The average Bonchev–Trinajstić information content (AvgIpc) is 3.35. The summed E-state index contributed by atoms with van der Waals surface area (Å²) >= 11 is 0. The summed E-state index contributed by atoms with van der Waals surface area (Å²) in [4.78, 5) is 25.9. The van der Waals surface area contributed by atoms with E-state index in [4.69, 9.17) is 4.42 Å². The summed E-state index contributed by atoms with van der Waals surface area (Å²) in [6, 6.07) is 9.63. The van der Waals surface area contributed by atoms with Crippen LogP contribution in [0.3, 0.4) is 0 Å². The lowest BCUT2D eigenvalue weighted by Gasteiger charge is -2.12. The SMILES string of the molecule is O=C1c2ccccc2C(=O)N1Cc1cn(C(CO)c2ccco2)nn1. The van der Waals surface area contributed by atoms with E-state index in [9.17, 15) is 14.7 Å². The number of amides is 2. The maximum Gasteiger partial charge on any atom is 0.261 e. The van der Waals surface area contributed by atoms with Crippen molar-refractivity contribution in [2.75, 3.05) is 6.61 Å². The number of carbonyl (C=O) groups is 2. The van der Waals surface area contributed by atoms with Gasteiger partial charge in [0.15, 0.2) is 0 Å². The molecule has 2 amide bonds. The number of benzene rings is 1. The lowest BCUT2D eigenvalue weighted by Crippen LogP contribution is -2.29. The van der Waals surface area contributed by atoms with Crippen molar-refractivity contribution in [3.8, 4) is 0 Å². The molecule has 25 heavy (non-hydrogen) atoms. The van der Waals surface area contributed by atoms with E-state index < -0.39 is 6.04 Å². The number of hydrogen-bond acceptors (Lipinski definition) is 6. The minimum atomic E-state index is -0.515. The fourth-order valence-corrected chi connectivity index (χ4v) is 2.87. The Morgan fingerprint density at radius 1 is 1.08 bits per heavy atom. The number of aliphatic hydroxyl groups excluding tert-OH is 1. The summed E-state index contributed by atoms with van der Waals surface area (Å²) in [6.45, 7) is -0.202. The number of hydrogen-bond donors (Lipinski definition) is 1. The highest BCUT2D eigenvalue weighted by molar-refractivity contribution is 6.21. The van der Waals surface area contributed by atoms with Gasteiger partial charge in [-0.2, -0.15) is 0 Å². The van der Waals surface area contributed by atoms with E-state index in [2.05, 4.69) is 10.3 Å². The van der Waals surface area contributed by atoms with Crippen molar-refractivity contribution in [3.05, 3.63) is 71.4 Å². The molecule has 0 saturated carbocycles. The van der Waals surface area contributed by atoms with Gasteiger partial charge in [0.25, 0.3) is 11.8 Å². The molecule has 2 aromatic heterocycles. The molecule has 0 fully saturated rings. The third-order valence-corrected chi connectivity index (χ3v) is 4.12. The number of fused-ring (bicyclic) bond motifs is 1. The van der Waals surface area contributed by atoms with Gasteiger partial charge in [0.1, 0.15) is 17.5 Å². The molecule has 0 spiro atoms. The summed E-state index contributed by atoms with van der Waals surface area (Å²) in [5.74, 6) is -0.153. The smallest absolute Gasteiger partial charge is 0.261 e. The van der Waals surface area contributed by atoms with Crippen LogP contribution in [-0.2, 0) is 6.54 Å². The van der Waals surface area contributed by atoms with Gasteiger partial charge in [-0.15, -0.1) is 5.10 Å². The first-order valence-corrected chi connectivity index (χ1v) is 7.69. The molecular weight excluding hydrogens is 324 g/mol. The third kappa shape index (κ3) is 2.52. The summed E-state index contributed by atoms with van der Waals surface area (Å²) in [6.07, 6.45) is 3.10. The lowest BCUT2D eigenvalue weighted by molar-refractivity contribution is 0.0640. The molecule has 8 nitrogen and oxygen atoms in total. The second-order valence-corrected chi connectivity index (χ2v) is 5.65. The molecular formula is C17H14N4O4. The van der Waals surface area contributed by atoms with Gasteiger partial charge in [-0.1, -0.05) is 17.3 Å². The Morgan fingerprint density at radius 3 is 2.40 bits per heavy atom. The number of rotatable bonds is 5. The number of aliphatic hydroxyl groups is 1. The van der Waals surface area contributed by atoms with E-state index in [1.54, 1.807) is 42.6 Å². The average molecular weight is 338 g/mol. The van der Waals surface area contributed by atoms with Crippen LogP contribution in [0.5, 0.6) is 0 Å². The Kier molecular flexibility index (Phi) is 3.66. The van der Waals surface area contributed by atoms with Crippen LogP contribution in [0.1, 0.15) is 38.2 Å². The Hall–Kier alpha value is -3.26. The van der Waals surface area contributed by atoms with Gasteiger partial charge in [0, 0.05) is 0 Å². The molecule has 126 valence electrons. The Bertz CT molecular complexity index is 897. The molecule has 1 aliphatic heterocycles. The van der Waals surface area contributed by atoms with Crippen molar-refractivity contribution < 1.29 is 19.1 Å². The van der Waals surface area contributed by atoms with Crippen molar-refractivity contribution in [1.82, 2.24) is 19.9 Å². The number of aromatic nitrogens is 3. The minimum absolute atomic E-state index is 0.0165. The van der Waals surface area contributed by atoms with E-state index in [1.807, 2.05) is 0 Å². The zero-order valence-corrected chi connectivity index (χ0v) is 13.1. The highest BCUT2D eigenvalue weighted by Crippen LogP contribution is 2.24. The number of carbonyl (C=O) groups excluding carboxylic acids is 2. The maximum atomic E-state index is 12.4. The van der Waals surface area contributed by atoms with Crippen LogP contribution in [0, 0.1) is 0 Å². The zero-order chi connectivity index (χ0) is 17.4. The fraction of sp³-hybridized carbons (Fsp3) is 0.176. The van der Waals surface area contributed by atoms with Crippen LogP contribution >= 0.6 is 0 Å². The molecule has 0 radical (unpaired) electrons.